The molecule has 28 heavy (non-hydrogen) atoms. The summed E-state index contributed by atoms with van der Waals surface area (Å²) in [6.45, 7) is 8.17. The highest BCUT2D eigenvalue weighted by Crippen LogP contribution is 2.10. The number of carboxylic acid groups (broad SMARTS) is 1. The maximum atomic E-state index is 10.2. The predicted molar refractivity (Wildman–Crippen MR) is 120 cm³/mol. The van der Waals surface area contributed by atoms with Gasteiger partial charge in [-0.25, -0.2) is 9.78 Å². The SMILES string of the molecule is CCCCCCCCCCCC(=O)O.CCCCCCOOCCCCCC. The number of aliphatic carboxylic acids is 1. The van der Waals surface area contributed by atoms with Gasteiger partial charge in [-0.1, -0.05) is 111 Å². The summed E-state index contributed by atoms with van der Waals surface area (Å²) >= 11 is 0. The molecule has 0 heterocycles. The van der Waals surface area contributed by atoms with E-state index in [1.54, 1.807) is 0 Å². The van der Waals surface area contributed by atoms with Crippen LogP contribution in [0.5, 0.6) is 0 Å². The van der Waals surface area contributed by atoms with Gasteiger partial charge in [0.15, 0.2) is 0 Å². The van der Waals surface area contributed by atoms with Crippen molar-refractivity contribution in [1.82, 2.24) is 0 Å². The average Bonchev–Trinajstić information content (AvgIpc) is 2.68. The lowest BCUT2D eigenvalue weighted by Crippen LogP contribution is -1.98. The van der Waals surface area contributed by atoms with Gasteiger partial charge in [-0.2, -0.15) is 0 Å². The number of unbranched alkanes of at least 4 members (excludes halogenated alkanes) is 14. The van der Waals surface area contributed by atoms with Crippen LogP contribution in [0.1, 0.15) is 136 Å². The normalized spacial score (nSPS) is 10.5. The highest BCUT2D eigenvalue weighted by molar-refractivity contribution is 5.66. The first-order valence-corrected chi connectivity index (χ1v) is 12.1. The molecule has 0 aliphatic rings. The largest absolute Gasteiger partial charge is 0.481 e. The molecule has 0 rings (SSSR count). The zero-order chi connectivity index (χ0) is 21.1. The highest BCUT2D eigenvalue weighted by atomic mass is 17.2. The van der Waals surface area contributed by atoms with Crippen molar-refractivity contribution >= 4 is 5.97 Å². The Morgan fingerprint density at radius 3 is 1.21 bits per heavy atom. The van der Waals surface area contributed by atoms with E-state index < -0.39 is 5.97 Å². The van der Waals surface area contributed by atoms with Gasteiger partial charge >= 0.3 is 5.97 Å². The summed E-state index contributed by atoms with van der Waals surface area (Å²) in [5, 5.41) is 8.41. The third kappa shape index (κ3) is 33.0. The molecule has 0 aromatic rings. The second-order valence-corrected chi connectivity index (χ2v) is 7.74. The van der Waals surface area contributed by atoms with E-state index in [2.05, 4.69) is 20.8 Å². The van der Waals surface area contributed by atoms with Crippen molar-refractivity contribution < 1.29 is 19.7 Å². The Kier molecular flexibility index (Phi) is 30.2. The second-order valence-electron chi connectivity index (χ2n) is 7.74. The molecule has 4 heteroatoms. The van der Waals surface area contributed by atoms with Crippen molar-refractivity contribution in [2.75, 3.05) is 13.2 Å². The van der Waals surface area contributed by atoms with Crippen LogP contribution in [-0.2, 0) is 14.6 Å². The molecule has 0 aromatic heterocycles. The van der Waals surface area contributed by atoms with Crippen LogP contribution in [0.3, 0.4) is 0 Å². The monoisotopic (exact) mass is 402 g/mol. The van der Waals surface area contributed by atoms with E-state index in [0.29, 0.717) is 6.42 Å². The van der Waals surface area contributed by atoms with Gasteiger partial charge in [-0.15, -0.1) is 0 Å². The molecule has 0 amide bonds. The van der Waals surface area contributed by atoms with Gasteiger partial charge in [-0.05, 0) is 19.3 Å². The number of carbonyl (C=O) groups is 1. The van der Waals surface area contributed by atoms with E-state index in [4.69, 9.17) is 14.9 Å². The maximum absolute atomic E-state index is 10.2. The van der Waals surface area contributed by atoms with Crippen LogP contribution in [-0.4, -0.2) is 24.3 Å². The molecular formula is C24H50O4. The third-order valence-electron chi connectivity index (χ3n) is 4.74. The van der Waals surface area contributed by atoms with Gasteiger partial charge < -0.3 is 5.11 Å². The van der Waals surface area contributed by atoms with Gasteiger partial charge in [0.25, 0.3) is 0 Å². The molecule has 170 valence electrons. The van der Waals surface area contributed by atoms with Crippen molar-refractivity contribution in [2.45, 2.75) is 136 Å². The minimum atomic E-state index is -0.659. The first-order valence-electron chi connectivity index (χ1n) is 12.1. The maximum Gasteiger partial charge on any atom is 0.303 e. The Morgan fingerprint density at radius 1 is 0.536 bits per heavy atom. The van der Waals surface area contributed by atoms with E-state index in [0.717, 1.165) is 38.9 Å². The molecule has 0 aliphatic carbocycles. The molecule has 0 atom stereocenters. The fourth-order valence-corrected chi connectivity index (χ4v) is 2.88. The standard InChI is InChI=1S/C12H26O2.C12H24O2/c1-3-5-7-9-11-13-14-12-10-8-6-4-2;1-2-3-4-5-6-7-8-9-10-11-12(13)14/h3-12H2,1-2H3;2-11H2,1H3,(H,13,14). The third-order valence-corrected chi connectivity index (χ3v) is 4.74. The lowest BCUT2D eigenvalue weighted by molar-refractivity contribution is -0.295. The molecule has 0 unspecified atom stereocenters. The van der Waals surface area contributed by atoms with Crippen LogP contribution in [0.15, 0.2) is 0 Å². The van der Waals surface area contributed by atoms with Crippen LogP contribution in [0.2, 0.25) is 0 Å². The summed E-state index contributed by atoms with van der Waals surface area (Å²) in [6.07, 6.45) is 21.4. The summed E-state index contributed by atoms with van der Waals surface area (Å²) in [4.78, 5) is 20.3. The second kappa shape index (κ2) is 28.6. The minimum Gasteiger partial charge on any atom is -0.481 e. The summed E-state index contributed by atoms with van der Waals surface area (Å²) < 4.78 is 0. The van der Waals surface area contributed by atoms with E-state index >= 15 is 0 Å². The molecule has 0 aliphatic heterocycles. The van der Waals surface area contributed by atoms with Crippen molar-refractivity contribution in [2.24, 2.45) is 0 Å². The molecule has 1 N–H and O–H groups in total. The Bertz CT molecular complexity index is 270. The van der Waals surface area contributed by atoms with Gasteiger partial charge in [-0.3, -0.25) is 4.79 Å². The zero-order valence-corrected chi connectivity index (χ0v) is 19.3. The van der Waals surface area contributed by atoms with Crippen LogP contribution in [0, 0.1) is 0 Å². The van der Waals surface area contributed by atoms with Crippen molar-refractivity contribution in [1.29, 1.82) is 0 Å². The zero-order valence-electron chi connectivity index (χ0n) is 19.3. The molecule has 0 fully saturated rings. The Labute approximate surface area is 175 Å². The number of hydrogen-bond donors (Lipinski definition) is 1. The predicted octanol–water partition coefficient (Wildman–Crippen LogP) is 8.09. The van der Waals surface area contributed by atoms with E-state index in [1.807, 2.05) is 0 Å². The topological polar surface area (TPSA) is 55.8 Å². The molecule has 0 saturated carbocycles. The lowest BCUT2D eigenvalue weighted by Gasteiger charge is -2.03. The average molecular weight is 403 g/mol. The minimum absolute atomic E-state index is 0.343. The Balaban J connectivity index is 0. The molecule has 0 saturated heterocycles. The highest BCUT2D eigenvalue weighted by Gasteiger charge is 1.96. The molecular weight excluding hydrogens is 352 g/mol. The summed E-state index contributed by atoms with van der Waals surface area (Å²) in [6, 6.07) is 0. The van der Waals surface area contributed by atoms with Crippen LogP contribution in [0.4, 0.5) is 0 Å². The first-order chi connectivity index (χ1) is 13.7. The van der Waals surface area contributed by atoms with Crippen molar-refractivity contribution in [3.8, 4) is 0 Å². The summed E-state index contributed by atoms with van der Waals surface area (Å²) in [5.74, 6) is -0.659. The van der Waals surface area contributed by atoms with Gasteiger partial charge in [0.1, 0.15) is 0 Å². The van der Waals surface area contributed by atoms with E-state index in [9.17, 15) is 4.79 Å². The molecule has 0 radical (unpaired) electrons. The Hall–Kier alpha value is -0.610. The van der Waals surface area contributed by atoms with Crippen LogP contribution >= 0.6 is 0 Å². The molecule has 0 spiro atoms. The number of carboxylic acids is 1. The number of rotatable bonds is 21. The molecule has 0 aromatic carbocycles. The van der Waals surface area contributed by atoms with Crippen molar-refractivity contribution in [3.63, 3.8) is 0 Å². The van der Waals surface area contributed by atoms with E-state index in [-0.39, 0.29) is 0 Å². The first kappa shape index (κ1) is 29.6. The van der Waals surface area contributed by atoms with Gasteiger partial charge in [0, 0.05) is 6.42 Å². The fourth-order valence-electron chi connectivity index (χ4n) is 2.88. The smallest absolute Gasteiger partial charge is 0.303 e. The Morgan fingerprint density at radius 2 is 0.857 bits per heavy atom. The van der Waals surface area contributed by atoms with Crippen LogP contribution in [0.25, 0.3) is 0 Å². The van der Waals surface area contributed by atoms with E-state index in [1.165, 1.54) is 83.5 Å². The fraction of sp³-hybridized carbons (Fsp3) is 0.958. The summed E-state index contributed by atoms with van der Waals surface area (Å²) in [5.41, 5.74) is 0. The van der Waals surface area contributed by atoms with Crippen molar-refractivity contribution in [3.05, 3.63) is 0 Å². The molecule has 0 bridgehead atoms. The lowest BCUT2D eigenvalue weighted by atomic mass is 10.1. The van der Waals surface area contributed by atoms with Gasteiger partial charge in [0.05, 0.1) is 13.2 Å². The molecule has 4 nitrogen and oxygen atoms in total. The quantitative estimate of drug-likeness (QED) is 0.120. The number of hydrogen-bond acceptors (Lipinski definition) is 3. The summed E-state index contributed by atoms with van der Waals surface area (Å²) in [7, 11) is 0. The van der Waals surface area contributed by atoms with Gasteiger partial charge in [0.2, 0.25) is 0 Å². The van der Waals surface area contributed by atoms with Crippen LogP contribution < -0.4 is 0 Å².